The molecule has 1 amide bonds. The first-order valence-corrected chi connectivity index (χ1v) is 10.4. The van der Waals surface area contributed by atoms with Gasteiger partial charge in [-0.05, 0) is 38.1 Å². The Morgan fingerprint density at radius 2 is 1.85 bits per heavy atom. The van der Waals surface area contributed by atoms with E-state index >= 15 is 0 Å². The van der Waals surface area contributed by atoms with Gasteiger partial charge in [0.25, 0.3) is 0 Å². The highest BCUT2D eigenvalue weighted by atomic mass is 32.2. The smallest absolute Gasteiger partial charge is 0.323 e. The number of benzene rings is 1. The predicted molar refractivity (Wildman–Crippen MR) is 99.9 cm³/mol. The minimum atomic E-state index is -3.70. The molecule has 146 valence electrons. The number of piperazine rings is 1. The van der Waals surface area contributed by atoms with E-state index in [-0.39, 0.29) is 22.0 Å². The molecule has 27 heavy (non-hydrogen) atoms. The van der Waals surface area contributed by atoms with Crippen LogP contribution in [-0.4, -0.2) is 72.3 Å². The van der Waals surface area contributed by atoms with Crippen LogP contribution in [0.1, 0.15) is 19.3 Å². The molecule has 0 radical (unpaired) electrons. The number of aromatic nitrogens is 2. The van der Waals surface area contributed by atoms with Crippen LogP contribution in [-0.2, 0) is 14.8 Å². The van der Waals surface area contributed by atoms with Crippen LogP contribution < -0.4 is 11.0 Å². The molecular weight excluding hydrogens is 370 g/mol. The van der Waals surface area contributed by atoms with Gasteiger partial charge in [-0.15, -0.1) is 0 Å². The van der Waals surface area contributed by atoms with Crippen molar-refractivity contribution >= 4 is 27.0 Å². The summed E-state index contributed by atoms with van der Waals surface area (Å²) in [5.41, 5.74) is 0.321. The molecule has 0 bridgehead atoms. The zero-order chi connectivity index (χ0) is 19.2. The molecule has 2 fully saturated rings. The van der Waals surface area contributed by atoms with E-state index in [0.717, 1.165) is 0 Å². The number of likely N-dealkylation sites (N-methyl/N-ethyl adjacent to an activating group) is 1. The maximum Gasteiger partial charge on any atom is 0.323 e. The van der Waals surface area contributed by atoms with E-state index in [0.29, 0.717) is 56.5 Å². The van der Waals surface area contributed by atoms with Gasteiger partial charge in [0, 0.05) is 38.1 Å². The Hall–Kier alpha value is -2.17. The first kappa shape index (κ1) is 18.2. The van der Waals surface area contributed by atoms with Crippen LogP contribution in [0.2, 0.25) is 0 Å². The fourth-order valence-corrected chi connectivity index (χ4v) is 5.62. The summed E-state index contributed by atoms with van der Waals surface area (Å²) in [7, 11) is -1.71. The maximum absolute atomic E-state index is 13.2. The van der Waals surface area contributed by atoms with Crippen LogP contribution >= 0.6 is 0 Å². The molecule has 2 aliphatic rings. The standard InChI is InChI=1S/C17H23N5O4S/c1-21-8-9-22(11-17(21)5-4-15(23)18-7-6-17)27(25,26)12-2-3-13-14(10-12)20-16(24)19-13/h2-3,10H,4-9,11H2,1H3,(H,18,23)(H2,19,20,24)/t17-/m0/s1. The van der Waals surface area contributed by atoms with Crippen LogP contribution in [0.5, 0.6) is 0 Å². The number of H-pyrrole nitrogens is 2. The SMILES string of the molecule is CN1CCN(S(=O)(=O)c2ccc3[nH]c(=O)[nH]c3c2)C[C@]12CCNC(=O)CC2. The van der Waals surface area contributed by atoms with Gasteiger partial charge in [0.1, 0.15) is 0 Å². The first-order valence-electron chi connectivity index (χ1n) is 9.00. The van der Waals surface area contributed by atoms with Crippen molar-refractivity contribution in [3.63, 3.8) is 0 Å². The molecule has 4 rings (SSSR count). The number of carbonyl (C=O) groups excluding carboxylic acids is 1. The normalized spacial score (nSPS) is 25.6. The highest BCUT2D eigenvalue weighted by Gasteiger charge is 2.44. The number of aromatic amines is 2. The molecule has 2 saturated heterocycles. The second kappa shape index (κ2) is 6.47. The van der Waals surface area contributed by atoms with Gasteiger partial charge in [-0.25, -0.2) is 13.2 Å². The number of sulfonamides is 1. The Morgan fingerprint density at radius 1 is 1.07 bits per heavy atom. The number of fused-ring (bicyclic) bond motifs is 1. The summed E-state index contributed by atoms with van der Waals surface area (Å²) in [5.74, 6) is 0.0159. The van der Waals surface area contributed by atoms with Crippen LogP contribution in [0.25, 0.3) is 11.0 Å². The minimum absolute atomic E-state index is 0.0159. The summed E-state index contributed by atoms with van der Waals surface area (Å²) in [5, 5.41) is 2.87. The van der Waals surface area contributed by atoms with Gasteiger partial charge in [0.15, 0.2) is 0 Å². The lowest BCUT2D eigenvalue weighted by Crippen LogP contribution is -2.62. The number of nitrogens with one attached hydrogen (secondary N) is 3. The second-order valence-corrected chi connectivity index (χ2v) is 9.31. The van der Waals surface area contributed by atoms with Gasteiger partial charge in [0.05, 0.1) is 15.9 Å². The van der Waals surface area contributed by atoms with Crippen LogP contribution in [0.3, 0.4) is 0 Å². The Labute approximate surface area is 156 Å². The van der Waals surface area contributed by atoms with Crippen molar-refractivity contribution in [2.75, 3.05) is 33.2 Å². The fourth-order valence-electron chi connectivity index (χ4n) is 4.09. The van der Waals surface area contributed by atoms with Crippen molar-refractivity contribution in [1.29, 1.82) is 0 Å². The Balaban J connectivity index is 1.66. The summed E-state index contributed by atoms with van der Waals surface area (Å²) in [6.45, 7) is 1.90. The molecule has 9 nitrogen and oxygen atoms in total. The van der Waals surface area contributed by atoms with E-state index < -0.39 is 10.0 Å². The van der Waals surface area contributed by atoms with Gasteiger partial charge >= 0.3 is 5.69 Å². The summed E-state index contributed by atoms with van der Waals surface area (Å²) in [6, 6.07) is 4.61. The third-order valence-electron chi connectivity index (χ3n) is 5.82. The largest absolute Gasteiger partial charge is 0.356 e. The van der Waals surface area contributed by atoms with Gasteiger partial charge in [0.2, 0.25) is 15.9 Å². The summed E-state index contributed by atoms with van der Waals surface area (Å²) in [6.07, 6.45) is 1.74. The molecule has 2 aliphatic heterocycles. The summed E-state index contributed by atoms with van der Waals surface area (Å²) < 4.78 is 28.0. The molecule has 3 heterocycles. The molecule has 10 heteroatoms. The molecule has 1 aromatic heterocycles. The topological polar surface area (TPSA) is 118 Å². The lowest BCUT2D eigenvalue weighted by atomic mass is 9.87. The lowest BCUT2D eigenvalue weighted by Gasteiger charge is -2.48. The van der Waals surface area contributed by atoms with Crippen LogP contribution in [0.4, 0.5) is 0 Å². The zero-order valence-corrected chi connectivity index (χ0v) is 15.9. The van der Waals surface area contributed by atoms with Crippen molar-refractivity contribution < 1.29 is 13.2 Å². The average Bonchev–Trinajstić information content (AvgIpc) is 2.90. The number of hydrogen-bond acceptors (Lipinski definition) is 5. The molecule has 0 saturated carbocycles. The van der Waals surface area contributed by atoms with E-state index in [1.165, 1.54) is 16.4 Å². The molecule has 1 atom stereocenters. The van der Waals surface area contributed by atoms with Crippen molar-refractivity contribution in [1.82, 2.24) is 24.5 Å². The number of rotatable bonds is 2. The Bertz CT molecular complexity index is 1040. The number of nitrogens with zero attached hydrogens (tertiary/aromatic N) is 2. The van der Waals surface area contributed by atoms with Crippen LogP contribution in [0, 0.1) is 0 Å². The quantitative estimate of drug-likeness (QED) is 0.655. The van der Waals surface area contributed by atoms with Crippen molar-refractivity contribution in [3.8, 4) is 0 Å². The first-order chi connectivity index (χ1) is 12.8. The third-order valence-corrected chi connectivity index (χ3v) is 7.66. The molecule has 1 aromatic carbocycles. The highest BCUT2D eigenvalue weighted by molar-refractivity contribution is 7.89. The Kier molecular flexibility index (Phi) is 4.36. The molecule has 1 spiro atoms. The predicted octanol–water partition coefficient (Wildman–Crippen LogP) is -0.169. The van der Waals surface area contributed by atoms with Crippen molar-refractivity contribution in [3.05, 3.63) is 28.7 Å². The molecule has 0 unspecified atom stereocenters. The monoisotopic (exact) mass is 393 g/mol. The number of hydrogen-bond donors (Lipinski definition) is 3. The molecule has 3 N–H and O–H groups in total. The van der Waals surface area contributed by atoms with Gasteiger partial charge in [-0.3, -0.25) is 9.69 Å². The van der Waals surface area contributed by atoms with Gasteiger partial charge in [-0.1, -0.05) is 0 Å². The Morgan fingerprint density at radius 3 is 2.67 bits per heavy atom. The molecule has 2 aromatic rings. The van der Waals surface area contributed by atoms with Crippen molar-refractivity contribution in [2.45, 2.75) is 29.7 Å². The van der Waals surface area contributed by atoms with E-state index in [4.69, 9.17) is 0 Å². The maximum atomic E-state index is 13.2. The van der Waals surface area contributed by atoms with Gasteiger partial charge < -0.3 is 15.3 Å². The summed E-state index contributed by atoms with van der Waals surface area (Å²) >= 11 is 0. The van der Waals surface area contributed by atoms with E-state index in [9.17, 15) is 18.0 Å². The van der Waals surface area contributed by atoms with Crippen LogP contribution in [0.15, 0.2) is 27.9 Å². The van der Waals surface area contributed by atoms with E-state index in [1.54, 1.807) is 6.07 Å². The fraction of sp³-hybridized carbons (Fsp3) is 0.529. The van der Waals surface area contributed by atoms with Gasteiger partial charge in [-0.2, -0.15) is 4.31 Å². The van der Waals surface area contributed by atoms with E-state index in [2.05, 4.69) is 20.2 Å². The molecule has 0 aliphatic carbocycles. The number of amides is 1. The number of carbonyl (C=O) groups is 1. The van der Waals surface area contributed by atoms with Crippen molar-refractivity contribution in [2.24, 2.45) is 0 Å². The summed E-state index contributed by atoms with van der Waals surface area (Å²) in [4.78, 5) is 30.8. The van der Waals surface area contributed by atoms with E-state index in [1.807, 2.05) is 7.05 Å². The minimum Gasteiger partial charge on any atom is -0.356 e. The number of imidazole rings is 1. The highest BCUT2D eigenvalue weighted by Crippen LogP contribution is 2.33. The lowest BCUT2D eigenvalue weighted by molar-refractivity contribution is -0.121. The third kappa shape index (κ3) is 3.17. The zero-order valence-electron chi connectivity index (χ0n) is 15.1. The molecular formula is C17H23N5O4S. The average molecular weight is 393 g/mol. The second-order valence-electron chi connectivity index (χ2n) is 7.37.